The molecule has 0 saturated carbocycles. The summed E-state index contributed by atoms with van der Waals surface area (Å²) in [5, 5.41) is 110. The number of aliphatic hydroxyl groups excluding tert-OH is 8. The van der Waals surface area contributed by atoms with Crippen molar-refractivity contribution in [1.82, 2.24) is 0 Å². The lowest BCUT2D eigenvalue weighted by atomic mass is 9.87. The summed E-state index contributed by atoms with van der Waals surface area (Å²) >= 11 is 0. The monoisotopic (exact) mass is 494 g/mol. The molecule has 2 aliphatic heterocycles. The minimum absolute atomic E-state index is 0.618. The molecule has 9 atom stereocenters. The Labute approximate surface area is 190 Å². The average molecular weight is 494 g/mol. The van der Waals surface area contributed by atoms with Gasteiger partial charge in [0.1, 0.15) is 49.3 Å². The number of carbonyl (C=O) groups excluding carboxylic acids is 1. The topological polar surface area (TPSA) is 267 Å². The summed E-state index contributed by atoms with van der Waals surface area (Å²) < 4.78 is 16.0. The zero-order valence-corrected chi connectivity index (χ0v) is 17.4. The van der Waals surface area contributed by atoms with Crippen LogP contribution in [0.5, 0.6) is 17.2 Å². The van der Waals surface area contributed by atoms with Crippen LogP contribution in [0, 0.1) is 0 Å². The van der Waals surface area contributed by atoms with E-state index in [4.69, 9.17) is 14.2 Å². The molecule has 15 nitrogen and oxygen atoms in total. The lowest BCUT2D eigenvalue weighted by molar-refractivity contribution is -0.412. The first-order chi connectivity index (χ1) is 15.9. The molecule has 2 saturated heterocycles. The maximum Gasteiger partial charge on any atom is 0.266 e. The third kappa shape index (κ3) is 4.00. The highest BCUT2D eigenvalue weighted by Crippen LogP contribution is 2.44. The van der Waals surface area contributed by atoms with Crippen molar-refractivity contribution in [1.29, 1.82) is 0 Å². The fourth-order valence-corrected chi connectivity index (χ4v) is 3.90. The van der Waals surface area contributed by atoms with Gasteiger partial charge in [0.2, 0.25) is 11.6 Å². The van der Waals surface area contributed by atoms with Crippen LogP contribution in [0.25, 0.3) is 0 Å². The van der Waals surface area contributed by atoms with Crippen molar-refractivity contribution in [2.45, 2.75) is 54.3 Å². The van der Waals surface area contributed by atoms with E-state index in [1.807, 2.05) is 0 Å². The van der Waals surface area contributed by atoms with Crippen molar-refractivity contribution >= 4 is 5.78 Å². The van der Waals surface area contributed by atoms with Gasteiger partial charge in [-0.05, 0) is 12.1 Å². The fraction of sp³-hybridized carbons (Fsp3) is 0.632. The largest absolute Gasteiger partial charge is 0.504 e. The smallest absolute Gasteiger partial charge is 0.266 e. The molecule has 0 amide bonds. The van der Waals surface area contributed by atoms with Gasteiger partial charge in [0, 0.05) is 5.56 Å². The Morgan fingerprint density at radius 2 is 1.35 bits per heavy atom. The molecular weight excluding hydrogens is 468 g/mol. The number of ether oxygens (including phenoxy) is 3. The van der Waals surface area contributed by atoms with E-state index in [1.165, 1.54) is 0 Å². The van der Waals surface area contributed by atoms with Crippen molar-refractivity contribution < 1.29 is 75.2 Å². The van der Waals surface area contributed by atoms with Gasteiger partial charge in [0.15, 0.2) is 17.2 Å². The van der Waals surface area contributed by atoms with E-state index in [0.717, 1.165) is 0 Å². The number of hydrogen-bond acceptors (Lipinski definition) is 15. The number of ketones is 1. The normalized spacial score (nSPS) is 40.4. The first-order valence-corrected chi connectivity index (χ1v) is 9.97. The second-order valence-electron chi connectivity index (χ2n) is 7.97. The molecule has 34 heavy (non-hydrogen) atoms. The summed E-state index contributed by atoms with van der Waals surface area (Å²) in [7, 11) is 0. The molecule has 3 rings (SSSR count). The highest BCUT2D eigenvalue weighted by Gasteiger charge is 2.66. The van der Waals surface area contributed by atoms with Gasteiger partial charge in [-0.3, -0.25) is 4.79 Å². The van der Waals surface area contributed by atoms with Crippen LogP contribution in [0.1, 0.15) is 10.4 Å². The zero-order chi connectivity index (χ0) is 25.6. The molecule has 0 aliphatic carbocycles. The van der Waals surface area contributed by atoms with Gasteiger partial charge in [-0.2, -0.15) is 0 Å². The summed E-state index contributed by atoms with van der Waals surface area (Å²) in [5.74, 6) is -10.5. The predicted molar refractivity (Wildman–Crippen MR) is 103 cm³/mol. The molecule has 2 fully saturated rings. The molecule has 0 aromatic heterocycles. The van der Waals surface area contributed by atoms with Gasteiger partial charge in [-0.25, -0.2) is 0 Å². The van der Waals surface area contributed by atoms with Gasteiger partial charge >= 0.3 is 0 Å². The van der Waals surface area contributed by atoms with Gasteiger partial charge in [0.05, 0.1) is 13.2 Å². The quantitative estimate of drug-likeness (QED) is 0.125. The fourth-order valence-electron chi connectivity index (χ4n) is 3.90. The Balaban J connectivity index is 2.18. The standard InChI is InChI=1S/C19H26O15/c20-3-9-12(26)14(28)17(31)19(33-9,15(29)6-1-7(23)11(25)8(24)2-6)34-18(5-22)16(30)13(27)10(4-21)32-18/h1-2,9-10,12-14,16-17,20-28,30-31H,3-5H2/t9-,10-,12-,13-,14+,16+,17-,18?,19+/m1/s1. The molecular formula is C19H26O15. The second-order valence-corrected chi connectivity index (χ2v) is 7.97. The SMILES string of the molecule is O=C(c1cc(O)c(O)c(O)c1)[C@@]1(OC2(CO)O[C@H](CO)[C@@H](O)[C@@H]2O)O[C@H](CO)[C@@H](O)[C@H](O)[C@H]1O. The lowest BCUT2D eigenvalue weighted by Gasteiger charge is -2.49. The second kappa shape index (κ2) is 9.48. The number of Topliss-reactive ketones (excluding diaryl/α,β-unsaturated/α-hetero) is 1. The van der Waals surface area contributed by atoms with E-state index in [-0.39, 0.29) is 0 Å². The zero-order valence-electron chi connectivity index (χ0n) is 17.4. The van der Waals surface area contributed by atoms with E-state index < -0.39 is 103 Å². The minimum atomic E-state index is -3.21. The Morgan fingerprint density at radius 1 is 0.824 bits per heavy atom. The average Bonchev–Trinajstić information content (AvgIpc) is 3.07. The summed E-state index contributed by atoms with van der Waals surface area (Å²) in [5.41, 5.74) is -0.702. The summed E-state index contributed by atoms with van der Waals surface area (Å²) in [6.45, 7) is -3.22. The van der Waals surface area contributed by atoms with E-state index >= 15 is 0 Å². The van der Waals surface area contributed by atoms with Crippen LogP contribution in [0.2, 0.25) is 0 Å². The van der Waals surface area contributed by atoms with E-state index in [2.05, 4.69) is 0 Å². The molecule has 2 aliphatic rings. The van der Waals surface area contributed by atoms with Crippen LogP contribution in [-0.4, -0.2) is 136 Å². The van der Waals surface area contributed by atoms with Crippen molar-refractivity contribution in [2.24, 2.45) is 0 Å². The Kier molecular flexibility index (Phi) is 7.38. The predicted octanol–water partition coefficient (Wildman–Crippen LogP) is -5.03. The number of benzene rings is 1. The Morgan fingerprint density at radius 3 is 1.82 bits per heavy atom. The summed E-state index contributed by atoms with van der Waals surface area (Å²) in [4.78, 5) is 13.5. The number of aliphatic hydroxyl groups is 8. The van der Waals surface area contributed by atoms with Crippen molar-refractivity contribution in [3.8, 4) is 17.2 Å². The van der Waals surface area contributed by atoms with Gasteiger partial charge in [-0.1, -0.05) is 0 Å². The van der Waals surface area contributed by atoms with Gasteiger partial charge in [-0.15, -0.1) is 0 Å². The number of phenols is 3. The third-order valence-corrected chi connectivity index (χ3v) is 5.83. The summed E-state index contributed by atoms with van der Waals surface area (Å²) in [6.07, 6.45) is -14.1. The maximum absolute atomic E-state index is 13.5. The molecule has 0 radical (unpaired) electrons. The van der Waals surface area contributed by atoms with Crippen LogP contribution in [0.15, 0.2) is 12.1 Å². The molecule has 1 aromatic carbocycles. The van der Waals surface area contributed by atoms with Crippen LogP contribution >= 0.6 is 0 Å². The molecule has 192 valence electrons. The Bertz CT molecular complexity index is 885. The first-order valence-electron chi connectivity index (χ1n) is 9.97. The van der Waals surface area contributed by atoms with Crippen molar-refractivity contribution in [3.05, 3.63) is 17.7 Å². The molecule has 1 unspecified atom stereocenters. The van der Waals surface area contributed by atoms with Crippen LogP contribution < -0.4 is 0 Å². The number of aromatic hydroxyl groups is 3. The van der Waals surface area contributed by atoms with Crippen molar-refractivity contribution in [3.63, 3.8) is 0 Å². The maximum atomic E-state index is 13.5. The molecule has 0 bridgehead atoms. The number of rotatable bonds is 7. The number of phenolic OH excluding ortho intramolecular Hbond substituents is 3. The van der Waals surface area contributed by atoms with Crippen LogP contribution in [0.4, 0.5) is 0 Å². The lowest BCUT2D eigenvalue weighted by Crippen LogP contribution is -2.72. The molecule has 15 heteroatoms. The molecule has 2 heterocycles. The molecule has 0 spiro atoms. The van der Waals surface area contributed by atoms with Crippen molar-refractivity contribution in [2.75, 3.05) is 19.8 Å². The van der Waals surface area contributed by atoms with E-state index in [1.54, 1.807) is 0 Å². The number of hydrogen-bond donors (Lipinski definition) is 11. The highest BCUT2D eigenvalue weighted by molar-refractivity contribution is 6.03. The van der Waals surface area contributed by atoms with Gasteiger partial charge < -0.3 is 70.4 Å². The third-order valence-electron chi connectivity index (χ3n) is 5.83. The van der Waals surface area contributed by atoms with Crippen LogP contribution in [0.3, 0.4) is 0 Å². The summed E-state index contributed by atoms with van der Waals surface area (Å²) in [6, 6.07) is 1.24. The van der Waals surface area contributed by atoms with E-state index in [9.17, 15) is 61.0 Å². The number of carbonyl (C=O) groups is 1. The molecule has 11 N–H and O–H groups in total. The Hall–Kier alpha value is -2.15. The van der Waals surface area contributed by atoms with Gasteiger partial charge in [0.25, 0.3) is 5.79 Å². The van der Waals surface area contributed by atoms with E-state index in [0.29, 0.717) is 12.1 Å². The first kappa shape index (κ1) is 26.5. The minimum Gasteiger partial charge on any atom is -0.504 e. The molecule has 1 aromatic rings. The van der Waals surface area contributed by atoms with Crippen LogP contribution in [-0.2, 0) is 14.2 Å². The highest BCUT2D eigenvalue weighted by atomic mass is 16.8.